The van der Waals surface area contributed by atoms with Crippen LogP contribution in [0.3, 0.4) is 0 Å². The molecule has 0 aliphatic heterocycles. The van der Waals surface area contributed by atoms with Crippen molar-refractivity contribution < 1.29 is 13.9 Å². The lowest BCUT2D eigenvalue weighted by molar-refractivity contribution is -0.119. The molecule has 0 aliphatic carbocycles. The van der Waals surface area contributed by atoms with Gasteiger partial charge in [-0.3, -0.25) is 9.78 Å². The number of hydrogen-bond donors (Lipinski definition) is 0. The summed E-state index contributed by atoms with van der Waals surface area (Å²) in [6.07, 6.45) is 0. The van der Waals surface area contributed by atoms with Crippen LogP contribution in [-0.2, 0) is 11.3 Å². The summed E-state index contributed by atoms with van der Waals surface area (Å²) in [7, 11) is 0. The minimum Gasteiger partial charge on any atom is -0.455 e. The smallest absolute Gasteiger partial charge is 0.258 e. The maximum Gasteiger partial charge on any atom is 0.258 e. The zero-order valence-electron chi connectivity index (χ0n) is 15.7. The number of carbonyl (C=O) groups excluding carboxylic acids is 1. The van der Waals surface area contributed by atoms with E-state index in [9.17, 15) is 9.18 Å². The molecule has 0 atom stereocenters. The Morgan fingerprint density at radius 3 is 2.41 bits per heavy atom. The molecule has 0 spiro atoms. The Morgan fingerprint density at radius 1 is 0.862 bits per heavy atom. The molecule has 0 saturated heterocycles. The molecule has 29 heavy (non-hydrogen) atoms. The van der Waals surface area contributed by atoms with Crippen LogP contribution >= 0.6 is 0 Å². The first-order chi connectivity index (χ1) is 14.2. The summed E-state index contributed by atoms with van der Waals surface area (Å²) in [6.45, 7) is -0.962. The molecule has 0 unspecified atom stereocenters. The van der Waals surface area contributed by atoms with Gasteiger partial charge in [0.05, 0.1) is 23.4 Å². The molecule has 5 heteroatoms. The van der Waals surface area contributed by atoms with Gasteiger partial charge in [-0.15, -0.1) is 0 Å². The summed E-state index contributed by atoms with van der Waals surface area (Å²) in [5.74, 6) is 0.460. The predicted octanol–water partition coefficient (Wildman–Crippen LogP) is 5.53. The molecule has 4 rings (SSSR count). The van der Waals surface area contributed by atoms with Crippen molar-refractivity contribution in [1.82, 2.24) is 4.98 Å². The van der Waals surface area contributed by atoms with Crippen molar-refractivity contribution in [1.29, 1.82) is 0 Å². The van der Waals surface area contributed by atoms with Gasteiger partial charge in [-0.05, 0) is 36.4 Å². The first kappa shape index (κ1) is 18.6. The average molecular weight is 386 g/mol. The Labute approximate surface area is 168 Å². The van der Waals surface area contributed by atoms with E-state index in [2.05, 4.69) is 4.98 Å². The van der Waals surface area contributed by atoms with Crippen LogP contribution in [0, 0.1) is 0 Å². The monoisotopic (exact) mass is 386 g/mol. The molecule has 0 saturated carbocycles. The van der Waals surface area contributed by atoms with Crippen molar-refractivity contribution in [3.05, 3.63) is 96.7 Å². The summed E-state index contributed by atoms with van der Waals surface area (Å²) >= 11 is 0. The van der Waals surface area contributed by atoms with Crippen molar-refractivity contribution in [3.63, 3.8) is 0 Å². The molecule has 0 N–H and O–H groups in total. The average Bonchev–Trinajstić information content (AvgIpc) is 2.78. The second-order valence-electron chi connectivity index (χ2n) is 6.49. The van der Waals surface area contributed by atoms with Crippen molar-refractivity contribution >= 4 is 22.5 Å². The third kappa shape index (κ3) is 4.24. The Kier molecular flexibility index (Phi) is 5.47. The van der Waals surface area contributed by atoms with Gasteiger partial charge in [-0.1, -0.05) is 54.6 Å². The van der Waals surface area contributed by atoms with E-state index in [1.165, 1.54) is 4.90 Å². The van der Waals surface area contributed by atoms with Gasteiger partial charge >= 0.3 is 0 Å². The Hall–Kier alpha value is -3.73. The first-order valence-corrected chi connectivity index (χ1v) is 9.27. The highest BCUT2D eigenvalue weighted by Gasteiger charge is 2.20. The SMILES string of the molecule is O=C(CF)N(Cc1ccc2ccccc2n1)c1ccccc1Oc1ccccc1. The van der Waals surface area contributed by atoms with Crippen molar-refractivity contribution in [2.45, 2.75) is 6.54 Å². The predicted molar refractivity (Wildman–Crippen MR) is 112 cm³/mol. The number of para-hydroxylation sites is 4. The second kappa shape index (κ2) is 8.52. The van der Waals surface area contributed by atoms with E-state index >= 15 is 0 Å². The van der Waals surface area contributed by atoms with Crippen LogP contribution in [0.2, 0.25) is 0 Å². The topological polar surface area (TPSA) is 42.4 Å². The highest BCUT2D eigenvalue weighted by molar-refractivity contribution is 5.95. The third-order valence-corrected chi connectivity index (χ3v) is 4.52. The number of ether oxygens (including phenoxy) is 1. The molecule has 144 valence electrons. The quantitative estimate of drug-likeness (QED) is 0.438. The van der Waals surface area contributed by atoms with Crippen LogP contribution in [0.1, 0.15) is 5.69 Å². The molecule has 3 aromatic carbocycles. The number of hydrogen-bond acceptors (Lipinski definition) is 3. The van der Waals surface area contributed by atoms with Gasteiger partial charge in [0.2, 0.25) is 0 Å². The lowest BCUT2D eigenvalue weighted by Gasteiger charge is -2.24. The zero-order valence-corrected chi connectivity index (χ0v) is 15.7. The van der Waals surface area contributed by atoms with Crippen LogP contribution in [0.15, 0.2) is 91.0 Å². The van der Waals surface area contributed by atoms with Crippen molar-refractivity contribution in [3.8, 4) is 11.5 Å². The molecular formula is C24H19FN2O2. The minimum atomic E-state index is -1.10. The van der Waals surface area contributed by atoms with Gasteiger partial charge in [-0.25, -0.2) is 4.39 Å². The Balaban J connectivity index is 1.69. The van der Waals surface area contributed by atoms with E-state index in [4.69, 9.17) is 4.74 Å². The maximum absolute atomic E-state index is 13.4. The largest absolute Gasteiger partial charge is 0.455 e. The number of pyridine rings is 1. The number of anilines is 1. The van der Waals surface area contributed by atoms with Gasteiger partial charge in [0, 0.05) is 5.39 Å². The highest BCUT2D eigenvalue weighted by Crippen LogP contribution is 2.33. The van der Waals surface area contributed by atoms with Crippen LogP contribution in [0.5, 0.6) is 11.5 Å². The van der Waals surface area contributed by atoms with E-state index in [0.29, 0.717) is 22.9 Å². The van der Waals surface area contributed by atoms with Crippen molar-refractivity contribution in [2.75, 3.05) is 11.6 Å². The standard InChI is InChI=1S/C24H19FN2O2/c25-16-24(28)27(17-19-15-14-18-8-4-5-11-21(18)26-19)22-12-6-7-13-23(22)29-20-9-2-1-3-10-20/h1-15H,16-17H2. The summed E-state index contributed by atoms with van der Waals surface area (Å²) in [4.78, 5) is 18.4. The Bertz CT molecular complexity index is 1130. The molecule has 0 fully saturated rings. The number of amides is 1. The molecular weight excluding hydrogens is 367 g/mol. The third-order valence-electron chi connectivity index (χ3n) is 4.52. The number of aromatic nitrogens is 1. The van der Waals surface area contributed by atoms with Crippen LogP contribution in [0.25, 0.3) is 10.9 Å². The molecule has 4 aromatic rings. The summed E-state index contributed by atoms with van der Waals surface area (Å²) in [5.41, 5.74) is 1.99. The van der Waals surface area contributed by atoms with E-state index in [0.717, 1.165) is 10.9 Å². The molecule has 1 aromatic heterocycles. The molecule has 1 amide bonds. The van der Waals surface area contributed by atoms with E-state index < -0.39 is 12.6 Å². The second-order valence-corrected chi connectivity index (χ2v) is 6.49. The van der Waals surface area contributed by atoms with Gasteiger partial charge in [0.1, 0.15) is 5.75 Å². The van der Waals surface area contributed by atoms with E-state index in [-0.39, 0.29) is 6.54 Å². The molecule has 0 radical (unpaired) electrons. The number of alkyl halides is 1. The molecule has 1 heterocycles. The van der Waals surface area contributed by atoms with Crippen LogP contribution in [-0.4, -0.2) is 17.6 Å². The minimum absolute atomic E-state index is 0.142. The van der Waals surface area contributed by atoms with Crippen LogP contribution in [0.4, 0.5) is 10.1 Å². The lowest BCUT2D eigenvalue weighted by atomic mass is 10.2. The summed E-state index contributed by atoms with van der Waals surface area (Å²) in [5, 5.41) is 1.01. The number of carbonyl (C=O) groups is 1. The fourth-order valence-corrected chi connectivity index (χ4v) is 3.12. The first-order valence-electron chi connectivity index (χ1n) is 9.27. The van der Waals surface area contributed by atoms with Gasteiger partial charge in [0.15, 0.2) is 12.4 Å². The zero-order chi connectivity index (χ0) is 20.1. The lowest BCUT2D eigenvalue weighted by Crippen LogP contribution is -2.32. The number of benzene rings is 3. The van der Waals surface area contributed by atoms with E-state index in [1.807, 2.05) is 72.8 Å². The number of fused-ring (bicyclic) bond motifs is 1. The van der Waals surface area contributed by atoms with Crippen LogP contribution < -0.4 is 9.64 Å². The maximum atomic E-state index is 13.4. The number of rotatable bonds is 6. The Morgan fingerprint density at radius 2 is 1.59 bits per heavy atom. The van der Waals surface area contributed by atoms with Gasteiger partial charge in [0.25, 0.3) is 5.91 Å². The summed E-state index contributed by atoms with van der Waals surface area (Å²) < 4.78 is 19.3. The van der Waals surface area contributed by atoms with E-state index in [1.54, 1.807) is 18.2 Å². The van der Waals surface area contributed by atoms with Crippen molar-refractivity contribution in [2.24, 2.45) is 0 Å². The van der Waals surface area contributed by atoms with Gasteiger partial charge < -0.3 is 9.64 Å². The number of nitrogens with zero attached hydrogens (tertiary/aromatic N) is 2. The fraction of sp³-hybridized carbons (Fsp3) is 0.0833. The fourth-order valence-electron chi connectivity index (χ4n) is 3.12. The summed E-state index contributed by atoms with van der Waals surface area (Å²) in [6, 6.07) is 27.9. The normalized spacial score (nSPS) is 10.7. The molecule has 0 aliphatic rings. The molecule has 0 bridgehead atoms. The van der Waals surface area contributed by atoms with Gasteiger partial charge in [-0.2, -0.15) is 0 Å². The highest BCUT2D eigenvalue weighted by atomic mass is 19.1. The number of halogens is 1. The molecule has 4 nitrogen and oxygen atoms in total.